The van der Waals surface area contributed by atoms with Crippen molar-refractivity contribution in [2.75, 3.05) is 16.8 Å². The van der Waals surface area contributed by atoms with Gasteiger partial charge in [-0.25, -0.2) is 4.79 Å². The number of carboxylic acids is 1. The van der Waals surface area contributed by atoms with E-state index in [1.165, 1.54) is 0 Å². The highest BCUT2D eigenvalue weighted by molar-refractivity contribution is 7.99. The minimum Gasteiger partial charge on any atom is -0.492 e. The van der Waals surface area contributed by atoms with Gasteiger partial charge in [0.1, 0.15) is 5.75 Å². The van der Waals surface area contributed by atoms with Crippen LogP contribution in [0.1, 0.15) is 31.0 Å². The molecule has 0 heterocycles. The van der Waals surface area contributed by atoms with E-state index in [2.05, 4.69) is 5.32 Å². The SMILES string of the molecule is CCOc1ccccc1N(C(=O)Nc1cccc(Sc2ccc(CC(=O)O)cc2)c1)C(C)c1ccccc1. The Kier molecular flexibility index (Phi) is 9.06. The number of carbonyl (C=O) groups excluding carboxylic acids is 1. The molecule has 0 saturated heterocycles. The summed E-state index contributed by atoms with van der Waals surface area (Å²) < 4.78 is 5.86. The van der Waals surface area contributed by atoms with E-state index in [-0.39, 0.29) is 18.5 Å². The normalized spacial score (nSPS) is 11.4. The van der Waals surface area contributed by atoms with Gasteiger partial charge in [0, 0.05) is 15.5 Å². The van der Waals surface area contributed by atoms with Crippen LogP contribution in [-0.4, -0.2) is 23.7 Å². The summed E-state index contributed by atoms with van der Waals surface area (Å²) in [7, 11) is 0. The van der Waals surface area contributed by atoms with Crippen LogP contribution in [0.3, 0.4) is 0 Å². The molecule has 1 unspecified atom stereocenters. The first kappa shape index (κ1) is 26.8. The van der Waals surface area contributed by atoms with E-state index in [0.717, 1.165) is 20.9 Å². The lowest BCUT2D eigenvalue weighted by Gasteiger charge is -2.31. The van der Waals surface area contributed by atoms with Gasteiger partial charge in [-0.3, -0.25) is 9.69 Å². The van der Waals surface area contributed by atoms with Crippen LogP contribution in [-0.2, 0) is 11.2 Å². The van der Waals surface area contributed by atoms with Gasteiger partial charge < -0.3 is 15.2 Å². The lowest BCUT2D eigenvalue weighted by molar-refractivity contribution is -0.136. The summed E-state index contributed by atoms with van der Waals surface area (Å²) in [5.74, 6) is -0.211. The van der Waals surface area contributed by atoms with Crippen molar-refractivity contribution >= 4 is 35.1 Å². The minimum absolute atomic E-state index is 0.00318. The summed E-state index contributed by atoms with van der Waals surface area (Å²) in [5.41, 5.74) is 3.12. The molecule has 2 amide bonds. The van der Waals surface area contributed by atoms with Crippen molar-refractivity contribution in [2.24, 2.45) is 0 Å². The van der Waals surface area contributed by atoms with Gasteiger partial charge in [0.05, 0.1) is 24.8 Å². The number of hydrogen-bond acceptors (Lipinski definition) is 4. The number of carboxylic acid groups (broad SMARTS) is 1. The molecule has 194 valence electrons. The van der Waals surface area contributed by atoms with Crippen LogP contribution in [0.15, 0.2) is 113 Å². The molecule has 1 atom stereocenters. The molecule has 38 heavy (non-hydrogen) atoms. The Hall–Kier alpha value is -4.23. The Morgan fingerprint density at radius 3 is 2.32 bits per heavy atom. The largest absolute Gasteiger partial charge is 0.492 e. The van der Waals surface area contributed by atoms with E-state index in [1.54, 1.807) is 16.7 Å². The van der Waals surface area contributed by atoms with Crippen molar-refractivity contribution in [3.05, 3.63) is 114 Å². The summed E-state index contributed by atoms with van der Waals surface area (Å²) in [4.78, 5) is 28.4. The first-order valence-corrected chi connectivity index (χ1v) is 13.2. The number of para-hydroxylation sites is 2. The highest BCUT2D eigenvalue weighted by Crippen LogP contribution is 2.35. The second-order valence-corrected chi connectivity index (χ2v) is 9.78. The fraction of sp³-hybridized carbons (Fsp3) is 0.161. The molecule has 2 N–H and O–H groups in total. The van der Waals surface area contributed by atoms with Crippen molar-refractivity contribution in [3.63, 3.8) is 0 Å². The van der Waals surface area contributed by atoms with Gasteiger partial charge in [-0.1, -0.05) is 72.4 Å². The molecule has 0 aliphatic rings. The third kappa shape index (κ3) is 6.95. The highest BCUT2D eigenvalue weighted by atomic mass is 32.2. The fourth-order valence-corrected chi connectivity index (χ4v) is 4.99. The molecule has 0 aromatic heterocycles. The summed E-state index contributed by atoms with van der Waals surface area (Å²) in [6.45, 7) is 4.41. The number of carbonyl (C=O) groups is 2. The summed E-state index contributed by atoms with van der Waals surface area (Å²) >= 11 is 1.54. The molecular weight excluding hydrogens is 496 g/mol. The van der Waals surface area contributed by atoms with E-state index in [9.17, 15) is 9.59 Å². The highest BCUT2D eigenvalue weighted by Gasteiger charge is 2.26. The fourth-order valence-electron chi connectivity index (χ4n) is 4.12. The number of ether oxygens (including phenoxy) is 1. The molecule has 0 spiro atoms. The standard InChI is InChI=1S/C31H30N2O4S/c1-3-37-29-15-8-7-14-28(29)33(22(2)24-10-5-4-6-11-24)31(36)32-25-12-9-13-27(21-25)38-26-18-16-23(17-19-26)20-30(34)35/h4-19,21-22H,3,20H2,1-2H3,(H,32,36)(H,34,35). The molecule has 0 fully saturated rings. The second kappa shape index (κ2) is 12.8. The van der Waals surface area contributed by atoms with Crippen molar-refractivity contribution < 1.29 is 19.4 Å². The van der Waals surface area contributed by atoms with E-state index in [4.69, 9.17) is 9.84 Å². The maximum Gasteiger partial charge on any atom is 0.327 e. The first-order valence-electron chi connectivity index (χ1n) is 12.4. The molecule has 0 radical (unpaired) electrons. The number of aliphatic carboxylic acids is 1. The summed E-state index contributed by atoms with van der Waals surface area (Å²) in [5, 5.41) is 12.0. The van der Waals surface area contributed by atoms with E-state index < -0.39 is 5.97 Å². The molecular formula is C31H30N2O4S. The van der Waals surface area contributed by atoms with Crippen molar-refractivity contribution in [3.8, 4) is 5.75 Å². The Bertz CT molecular complexity index is 1380. The first-order chi connectivity index (χ1) is 18.4. The average molecular weight is 527 g/mol. The Morgan fingerprint density at radius 2 is 1.61 bits per heavy atom. The number of hydrogen-bond donors (Lipinski definition) is 2. The predicted octanol–water partition coefficient (Wildman–Crippen LogP) is 7.66. The van der Waals surface area contributed by atoms with E-state index in [0.29, 0.717) is 23.7 Å². The van der Waals surface area contributed by atoms with Crippen LogP contribution in [0, 0.1) is 0 Å². The number of urea groups is 1. The van der Waals surface area contributed by atoms with Gasteiger partial charge in [-0.15, -0.1) is 0 Å². The minimum atomic E-state index is -0.853. The molecule has 0 aliphatic carbocycles. The van der Waals surface area contributed by atoms with Crippen LogP contribution in [0.4, 0.5) is 16.2 Å². The molecule has 0 bridgehead atoms. The smallest absolute Gasteiger partial charge is 0.327 e. The van der Waals surface area contributed by atoms with Gasteiger partial charge in [0.25, 0.3) is 0 Å². The molecule has 4 aromatic carbocycles. The Labute approximate surface area is 227 Å². The number of nitrogens with one attached hydrogen (secondary N) is 1. The zero-order valence-electron chi connectivity index (χ0n) is 21.3. The number of benzene rings is 4. The molecule has 0 saturated carbocycles. The third-order valence-electron chi connectivity index (χ3n) is 5.91. The van der Waals surface area contributed by atoms with Crippen LogP contribution in [0.25, 0.3) is 0 Å². The van der Waals surface area contributed by atoms with Crippen molar-refractivity contribution in [1.29, 1.82) is 0 Å². The molecule has 4 aromatic rings. The summed E-state index contributed by atoms with van der Waals surface area (Å²) in [6.07, 6.45) is -0.00318. The summed E-state index contributed by atoms with van der Waals surface area (Å²) in [6, 6.07) is 32.0. The topological polar surface area (TPSA) is 78.9 Å². The van der Waals surface area contributed by atoms with Gasteiger partial charge in [-0.05, 0) is 67.4 Å². The number of rotatable bonds is 10. The van der Waals surface area contributed by atoms with Crippen molar-refractivity contribution in [2.45, 2.75) is 36.1 Å². The molecule has 6 nitrogen and oxygen atoms in total. The van der Waals surface area contributed by atoms with Gasteiger partial charge >= 0.3 is 12.0 Å². The maximum atomic E-state index is 13.8. The predicted molar refractivity (Wildman–Crippen MR) is 152 cm³/mol. The van der Waals surface area contributed by atoms with Crippen molar-refractivity contribution in [1.82, 2.24) is 0 Å². The zero-order valence-corrected chi connectivity index (χ0v) is 22.2. The Morgan fingerprint density at radius 1 is 0.895 bits per heavy atom. The van der Waals surface area contributed by atoms with E-state index in [1.807, 2.05) is 117 Å². The maximum absolute atomic E-state index is 13.8. The number of nitrogens with zero attached hydrogens (tertiary/aromatic N) is 1. The van der Waals surface area contributed by atoms with Crippen LogP contribution >= 0.6 is 11.8 Å². The number of amides is 2. The van der Waals surface area contributed by atoms with Crippen LogP contribution in [0.5, 0.6) is 5.75 Å². The van der Waals surface area contributed by atoms with Gasteiger partial charge in [-0.2, -0.15) is 0 Å². The van der Waals surface area contributed by atoms with Gasteiger partial charge in [0.2, 0.25) is 0 Å². The van der Waals surface area contributed by atoms with Gasteiger partial charge in [0.15, 0.2) is 0 Å². The third-order valence-corrected chi connectivity index (χ3v) is 6.91. The molecule has 7 heteroatoms. The average Bonchev–Trinajstić information content (AvgIpc) is 2.91. The molecule has 4 rings (SSSR count). The lowest BCUT2D eigenvalue weighted by Crippen LogP contribution is -2.37. The molecule has 0 aliphatic heterocycles. The monoisotopic (exact) mass is 526 g/mol. The van der Waals surface area contributed by atoms with Crippen LogP contribution in [0.2, 0.25) is 0 Å². The lowest BCUT2D eigenvalue weighted by atomic mass is 10.1. The van der Waals surface area contributed by atoms with Crippen LogP contribution < -0.4 is 15.0 Å². The quantitative estimate of drug-likeness (QED) is 0.222. The zero-order chi connectivity index (χ0) is 26.9. The Balaban J connectivity index is 1.57. The number of anilines is 2. The van der Waals surface area contributed by atoms with E-state index >= 15 is 0 Å². The second-order valence-electron chi connectivity index (χ2n) is 8.63.